The minimum Gasteiger partial charge on any atom is -0.434 e. The van der Waals surface area contributed by atoms with Gasteiger partial charge in [0.2, 0.25) is 10.0 Å². The normalized spacial score (nSPS) is 12.2. The van der Waals surface area contributed by atoms with Crippen LogP contribution in [-0.2, 0) is 14.8 Å². The second kappa shape index (κ2) is 9.08. The first-order chi connectivity index (χ1) is 14.6. The van der Waals surface area contributed by atoms with Crippen LogP contribution in [0.25, 0.3) is 21.8 Å². The van der Waals surface area contributed by atoms with Crippen LogP contribution in [-0.4, -0.2) is 74.6 Å². The van der Waals surface area contributed by atoms with Crippen molar-refractivity contribution in [1.82, 2.24) is 19.2 Å². The van der Waals surface area contributed by atoms with E-state index in [-0.39, 0.29) is 22.8 Å². The molecule has 3 rings (SSSR count). The zero-order valence-electron chi connectivity index (χ0n) is 17.9. The molecule has 0 atom stereocenters. The van der Waals surface area contributed by atoms with Gasteiger partial charge < -0.3 is 24.3 Å². The highest BCUT2D eigenvalue weighted by molar-refractivity contribution is 7.89. The van der Waals surface area contributed by atoms with Crippen molar-refractivity contribution in [2.24, 2.45) is 0 Å². The molecular weight excluding hydrogens is 424 g/mol. The van der Waals surface area contributed by atoms with Crippen LogP contribution in [0.4, 0.5) is 4.79 Å². The molecule has 0 radical (unpaired) electrons. The summed E-state index contributed by atoms with van der Waals surface area (Å²) in [5.41, 5.74) is 0.165. The van der Waals surface area contributed by atoms with E-state index in [4.69, 9.17) is 9.47 Å². The number of carbonyl (C=O) groups excluding carboxylic acids is 1. The molecule has 1 aromatic carbocycles. The van der Waals surface area contributed by atoms with Crippen LogP contribution in [0.3, 0.4) is 0 Å². The number of carbonyl (C=O) groups is 1. The first-order valence-corrected chi connectivity index (χ1v) is 11.2. The summed E-state index contributed by atoms with van der Waals surface area (Å²) in [7, 11) is 1.48. The highest BCUT2D eigenvalue weighted by atomic mass is 32.2. The Labute approximate surface area is 179 Å². The molecule has 2 aromatic heterocycles. The van der Waals surface area contributed by atoms with Crippen LogP contribution in [0.5, 0.6) is 5.75 Å². The maximum atomic E-state index is 13.0. The number of likely N-dealkylation sites (N-methyl/N-ethyl adjacent to an activating group) is 2. The minimum absolute atomic E-state index is 0.0651. The van der Waals surface area contributed by atoms with Gasteiger partial charge in [0.25, 0.3) is 5.56 Å². The second-order valence-corrected chi connectivity index (χ2v) is 9.44. The predicted octanol–water partition coefficient (Wildman–Crippen LogP) is 2.12. The van der Waals surface area contributed by atoms with E-state index in [1.165, 1.54) is 35.7 Å². The van der Waals surface area contributed by atoms with Crippen LogP contribution in [0.1, 0.15) is 13.3 Å². The van der Waals surface area contributed by atoms with Crippen LogP contribution in [0, 0.1) is 0 Å². The summed E-state index contributed by atoms with van der Waals surface area (Å²) in [6.45, 7) is 2.93. The fourth-order valence-corrected chi connectivity index (χ4v) is 4.25. The van der Waals surface area contributed by atoms with Crippen molar-refractivity contribution in [3.8, 4) is 5.75 Å². The Hall–Kier alpha value is -2.89. The summed E-state index contributed by atoms with van der Waals surface area (Å²) in [6.07, 6.45) is 1.11. The Kier molecular flexibility index (Phi) is 6.68. The summed E-state index contributed by atoms with van der Waals surface area (Å²) in [5.74, 6) is 0.0858. The maximum absolute atomic E-state index is 13.0. The third-order valence-electron chi connectivity index (χ3n) is 4.77. The van der Waals surface area contributed by atoms with Gasteiger partial charge in [-0.25, -0.2) is 13.2 Å². The van der Waals surface area contributed by atoms with E-state index in [0.717, 1.165) is 0 Å². The van der Waals surface area contributed by atoms with Gasteiger partial charge in [-0.3, -0.25) is 4.79 Å². The number of hydrogen-bond acceptors (Lipinski definition) is 7. The standard InChI is InChI=1S/C20H26N4O6S/c1-5-10-29-20(26)30-16-12-21-18-17(16)14-11-13(6-7-15(14)22-19(18)25)31(27,28)24(4)9-8-23(2)3/h6-7,11-12,21H,5,8-10H2,1-4H3,(H,22,25). The number of benzene rings is 1. The number of H-pyrrole nitrogens is 2. The van der Waals surface area contributed by atoms with Crippen molar-refractivity contribution < 1.29 is 22.7 Å². The molecule has 10 nitrogen and oxygen atoms in total. The van der Waals surface area contributed by atoms with Gasteiger partial charge in [0.1, 0.15) is 5.52 Å². The molecule has 2 heterocycles. The molecule has 168 valence electrons. The van der Waals surface area contributed by atoms with Crippen molar-refractivity contribution in [3.05, 3.63) is 34.7 Å². The van der Waals surface area contributed by atoms with E-state index >= 15 is 0 Å². The van der Waals surface area contributed by atoms with Crippen LogP contribution in [0.15, 0.2) is 34.1 Å². The SMILES string of the molecule is CCCOC(=O)Oc1c[nH]c2c(=O)[nH]c3ccc(S(=O)(=O)N(C)CCN(C)C)cc3c12. The summed E-state index contributed by atoms with van der Waals surface area (Å²) in [4.78, 5) is 31.8. The molecule has 0 spiro atoms. The number of aromatic nitrogens is 2. The van der Waals surface area contributed by atoms with Crippen molar-refractivity contribution in [1.29, 1.82) is 0 Å². The molecule has 0 saturated heterocycles. The summed E-state index contributed by atoms with van der Waals surface area (Å²) < 4.78 is 37.5. The fraction of sp³-hybridized carbons (Fsp3) is 0.400. The molecule has 31 heavy (non-hydrogen) atoms. The van der Waals surface area contributed by atoms with Gasteiger partial charge in [-0.1, -0.05) is 6.92 Å². The number of pyridine rings is 1. The van der Waals surface area contributed by atoms with E-state index in [1.807, 2.05) is 25.9 Å². The average molecular weight is 451 g/mol. The van der Waals surface area contributed by atoms with E-state index < -0.39 is 21.7 Å². The molecule has 0 saturated carbocycles. The molecule has 0 aliphatic carbocycles. The molecule has 0 aliphatic heterocycles. The van der Waals surface area contributed by atoms with Gasteiger partial charge in [0.15, 0.2) is 5.75 Å². The lowest BCUT2D eigenvalue weighted by Gasteiger charge is -2.19. The molecule has 0 amide bonds. The van der Waals surface area contributed by atoms with E-state index in [1.54, 1.807) is 0 Å². The average Bonchev–Trinajstić information content (AvgIpc) is 3.14. The van der Waals surface area contributed by atoms with Crippen LogP contribution in [0.2, 0.25) is 0 Å². The number of nitrogens with one attached hydrogen (secondary N) is 2. The summed E-state index contributed by atoms with van der Waals surface area (Å²) >= 11 is 0. The van der Waals surface area contributed by atoms with Crippen LogP contribution >= 0.6 is 0 Å². The Balaban J connectivity index is 2.09. The lowest BCUT2D eigenvalue weighted by atomic mass is 10.1. The smallest absolute Gasteiger partial charge is 0.434 e. The monoisotopic (exact) mass is 450 g/mol. The number of sulfonamides is 1. The Morgan fingerprint density at radius 3 is 2.58 bits per heavy atom. The van der Waals surface area contributed by atoms with Gasteiger partial charge in [-0.15, -0.1) is 0 Å². The fourth-order valence-electron chi connectivity index (χ4n) is 3.06. The van der Waals surface area contributed by atoms with Crippen molar-refractivity contribution in [3.63, 3.8) is 0 Å². The molecule has 3 aromatic rings. The Morgan fingerprint density at radius 1 is 1.16 bits per heavy atom. The third kappa shape index (κ3) is 4.73. The molecule has 0 aliphatic rings. The highest BCUT2D eigenvalue weighted by Gasteiger charge is 2.23. The largest absolute Gasteiger partial charge is 0.513 e. The van der Waals surface area contributed by atoms with Crippen LogP contribution < -0.4 is 10.3 Å². The molecule has 0 unspecified atom stereocenters. The molecule has 0 bridgehead atoms. The number of aromatic amines is 2. The van der Waals surface area contributed by atoms with E-state index in [9.17, 15) is 18.0 Å². The summed E-state index contributed by atoms with van der Waals surface area (Å²) in [5, 5.41) is 0.733. The number of nitrogens with zero attached hydrogens (tertiary/aromatic N) is 2. The quantitative estimate of drug-likeness (QED) is 0.504. The van der Waals surface area contributed by atoms with Crippen molar-refractivity contribution in [2.75, 3.05) is 40.8 Å². The first-order valence-electron chi connectivity index (χ1n) is 9.78. The van der Waals surface area contributed by atoms with Gasteiger partial charge in [-0.05, 0) is 38.7 Å². The lowest BCUT2D eigenvalue weighted by molar-refractivity contribution is 0.0997. The Bertz CT molecular complexity index is 1260. The Morgan fingerprint density at radius 2 is 1.90 bits per heavy atom. The molecule has 0 fully saturated rings. The lowest BCUT2D eigenvalue weighted by Crippen LogP contribution is -2.33. The number of rotatable bonds is 8. The van der Waals surface area contributed by atoms with Gasteiger partial charge in [0.05, 0.1) is 16.9 Å². The maximum Gasteiger partial charge on any atom is 0.513 e. The van der Waals surface area contributed by atoms with Gasteiger partial charge in [0, 0.05) is 37.2 Å². The van der Waals surface area contributed by atoms with Gasteiger partial charge in [-0.2, -0.15) is 4.31 Å². The predicted molar refractivity (Wildman–Crippen MR) is 117 cm³/mol. The third-order valence-corrected chi connectivity index (χ3v) is 6.62. The highest BCUT2D eigenvalue weighted by Crippen LogP contribution is 2.32. The minimum atomic E-state index is -3.76. The summed E-state index contributed by atoms with van der Waals surface area (Å²) in [6, 6.07) is 4.43. The topological polar surface area (TPSA) is 125 Å². The van der Waals surface area contributed by atoms with E-state index in [2.05, 4.69) is 9.97 Å². The van der Waals surface area contributed by atoms with Gasteiger partial charge >= 0.3 is 6.16 Å². The first kappa shape index (κ1) is 22.8. The number of ether oxygens (including phenoxy) is 2. The van der Waals surface area contributed by atoms with E-state index in [0.29, 0.717) is 35.8 Å². The molecular formula is C20H26N4O6S. The number of hydrogen-bond donors (Lipinski definition) is 2. The number of fused-ring (bicyclic) bond motifs is 3. The van der Waals surface area contributed by atoms with Crippen molar-refractivity contribution in [2.45, 2.75) is 18.2 Å². The zero-order chi connectivity index (χ0) is 22.8. The second-order valence-electron chi connectivity index (χ2n) is 7.39. The zero-order valence-corrected chi connectivity index (χ0v) is 18.7. The van der Waals surface area contributed by atoms with Crippen molar-refractivity contribution >= 4 is 38.0 Å². The molecule has 2 N–H and O–H groups in total. The molecule has 11 heteroatoms.